The minimum Gasteiger partial charge on any atom is -0.315 e. The van der Waals surface area contributed by atoms with Crippen LogP contribution in [-0.2, 0) is 6.54 Å². The summed E-state index contributed by atoms with van der Waals surface area (Å²) in [4.78, 5) is 2.39. The highest BCUT2D eigenvalue weighted by molar-refractivity contribution is 5.32. The summed E-state index contributed by atoms with van der Waals surface area (Å²) in [6.45, 7) is 4.99. The summed E-state index contributed by atoms with van der Waals surface area (Å²) in [5.41, 5.74) is 1.87. The van der Waals surface area contributed by atoms with E-state index < -0.39 is 0 Å². The molecule has 2 heterocycles. The molecule has 3 rings (SSSR count). The van der Waals surface area contributed by atoms with E-state index >= 15 is 0 Å². The Bertz CT molecular complexity index is 543. The van der Waals surface area contributed by atoms with Gasteiger partial charge in [-0.1, -0.05) is 5.21 Å². The number of hydrogen-bond donors (Lipinski definition) is 1. The number of nitrogens with one attached hydrogen (secondary N) is 1. The molecular formula is C14H18FN5. The summed E-state index contributed by atoms with van der Waals surface area (Å²) in [6.07, 6.45) is 2.93. The zero-order valence-corrected chi connectivity index (χ0v) is 11.3. The third-order valence-corrected chi connectivity index (χ3v) is 3.51. The van der Waals surface area contributed by atoms with Gasteiger partial charge in [-0.2, -0.15) is 0 Å². The quantitative estimate of drug-likeness (QED) is 0.914. The van der Waals surface area contributed by atoms with Crippen molar-refractivity contribution in [3.05, 3.63) is 42.0 Å². The van der Waals surface area contributed by atoms with Crippen molar-refractivity contribution in [1.82, 2.24) is 25.2 Å². The van der Waals surface area contributed by atoms with E-state index in [4.69, 9.17) is 0 Å². The molecule has 0 unspecified atom stereocenters. The van der Waals surface area contributed by atoms with Gasteiger partial charge < -0.3 is 5.32 Å². The molecule has 1 fully saturated rings. The first kappa shape index (κ1) is 13.2. The van der Waals surface area contributed by atoms with Crippen LogP contribution in [-0.4, -0.2) is 46.1 Å². The van der Waals surface area contributed by atoms with Crippen molar-refractivity contribution in [3.63, 3.8) is 0 Å². The molecule has 1 aliphatic rings. The maximum absolute atomic E-state index is 13.0. The normalized spacial score (nSPS) is 17.1. The van der Waals surface area contributed by atoms with Crippen molar-refractivity contribution in [2.45, 2.75) is 13.0 Å². The molecule has 0 spiro atoms. The monoisotopic (exact) mass is 275 g/mol. The average Bonchev–Trinajstić information content (AvgIpc) is 2.75. The molecular weight excluding hydrogens is 257 g/mol. The first-order valence-electron chi connectivity index (χ1n) is 6.91. The standard InChI is InChI=1S/C14H18FN5/c15-12-2-4-13(5-3-12)20-14(10-17-18-20)11-19-8-1-6-16-7-9-19/h2-5,10,16H,1,6-9,11H2. The van der Waals surface area contributed by atoms with Crippen LogP contribution in [0.15, 0.2) is 30.5 Å². The predicted octanol–water partition coefficient (Wildman–Crippen LogP) is 1.20. The molecule has 5 nitrogen and oxygen atoms in total. The molecule has 0 saturated carbocycles. The summed E-state index contributed by atoms with van der Waals surface area (Å²) in [5, 5.41) is 11.5. The van der Waals surface area contributed by atoms with Gasteiger partial charge in [0.25, 0.3) is 0 Å². The Morgan fingerprint density at radius 2 is 2.00 bits per heavy atom. The number of hydrogen-bond acceptors (Lipinski definition) is 4. The third-order valence-electron chi connectivity index (χ3n) is 3.51. The highest BCUT2D eigenvalue weighted by Gasteiger charge is 2.13. The Labute approximate surface area is 117 Å². The van der Waals surface area contributed by atoms with Crippen LogP contribution in [0.3, 0.4) is 0 Å². The van der Waals surface area contributed by atoms with Gasteiger partial charge in [0.2, 0.25) is 0 Å². The van der Waals surface area contributed by atoms with Gasteiger partial charge in [0.05, 0.1) is 17.6 Å². The molecule has 106 valence electrons. The number of nitrogens with zero attached hydrogens (tertiary/aromatic N) is 4. The van der Waals surface area contributed by atoms with E-state index in [-0.39, 0.29) is 5.82 Å². The number of halogens is 1. The predicted molar refractivity (Wildman–Crippen MR) is 74.1 cm³/mol. The Hall–Kier alpha value is -1.79. The molecule has 0 radical (unpaired) electrons. The second-order valence-corrected chi connectivity index (χ2v) is 4.99. The molecule has 0 amide bonds. The molecule has 0 bridgehead atoms. The van der Waals surface area contributed by atoms with E-state index in [9.17, 15) is 4.39 Å². The minimum atomic E-state index is -0.242. The maximum atomic E-state index is 13.0. The van der Waals surface area contributed by atoms with Gasteiger partial charge in [0.1, 0.15) is 5.82 Å². The molecule has 0 atom stereocenters. The Balaban J connectivity index is 1.77. The third kappa shape index (κ3) is 3.02. The van der Waals surface area contributed by atoms with Crippen molar-refractivity contribution < 1.29 is 4.39 Å². The second-order valence-electron chi connectivity index (χ2n) is 4.99. The zero-order chi connectivity index (χ0) is 13.8. The average molecular weight is 275 g/mol. The Morgan fingerprint density at radius 3 is 2.85 bits per heavy atom. The number of benzene rings is 1. The van der Waals surface area contributed by atoms with Gasteiger partial charge in [-0.05, 0) is 43.8 Å². The molecule has 1 aromatic carbocycles. The first-order valence-corrected chi connectivity index (χ1v) is 6.91. The van der Waals surface area contributed by atoms with Gasteiger partial charge in [0.15, 0.2) is 0 Å². The Kier molecular flexibility index (Phi) is 4.03. The second kappa shape index (κ2) is 6.11. The van der Waals surface area contributed by atoms with Crippen LogP contribution in [0.5, 0.6) is 0 Å². The van der Waals surface area contributed by atoms with Crippen molar-refractivity contribution in [2.75, 3.05) is 26.2 Å². The van der Waals surface area contributed by atoms with E-state index in [0.29, 0.717) is 0 Å². The lowest BCUT2D eigenvalue weighted by Crippen LogP contribution is -2.28. The van der Waals surface area contributed by atoms with Crippen LogP contribution in [0, 0.1) is 5.82 Å². The SMILES string of the molecule is Fc1ccc(-n2nncc2CN2CCCNCC2)cc1. The smallest absolute Gasteiger partial charge is 0.123 e. The summed E-state index contributed by atoms with van der Waals surface area (Å²) >= 11 is 0. The minimum absolute atomic E-state index is 0.242. The van der Waals surface area contributed by atoms with E-state index in [0.717, 1.165) is 50.5 Å². The lowest BCUT2D eigenvalue weighted by Gasteiger charge is -2.19. The fourth-order valence-corrected chi connectivity index (χ4v) is 2.45. The van der Waals surface area contributed by atoms with Crippen molar-refractivity contribution >= 4 is 0 Å². The topological polar surface area (TPSA) is 46.0 Å². The van der Waals surface area contributed by atoms with Crippen LogP contribution in [0.25, 0.3) is 5.69 Å². The fraction of sp³-hybridized carbons (Fsp3) is 0.429. The van der Waals surface area contributed by atoms with Crippen LogP contribution in [0.2, 0.25) is 0 Å². The molecule has 20 heavy (non-hydrogen) atoms. The van der Waals surface area contributed by atoms with Crippen molar-refractivity contribution in [2.24, 2.45) is 0 Å². The van der Waals surface area contributed by atoms with Gasteiger partial charge in [-0.15, -0.1) is 5.10 Å². The summed E-state index contributed by atoms with van der Waals surface area (Å²) in [5.74, 6) is -0.242. The van der Waals surface area contributed by atoms with E-state index in [1.54, 1.807) is 23.0 Å². The van der Waals surface area contributed by atoms with Crippen LogP contribution < -0.4 is 5.32 Å². The van der Waals surface area contributed by atoms with E-state index in [2.05, 4.69) is 20.5 Å². The Morgan fingerprint density at radius 1 is 1.15 bits per heavy atom. The summed E-state index contributed by atoms with van der Waals surface area (Å²) < 4.78 is 14.8. The van der Waals surface area contributed by atoms with Gasteiger partial charge in [-0.25, -0.2) is 9.07 Å². The van der Waals surface area contributed by atoms with Gasteiger partial charge in [0, 0.05) is 19.6 Å². The first-order chi connectivity index (χ1) is 9.83. The summed E-state index contributed by atoms with van der Waals surface area (Å²) in [6, 6.07) is 6.32. The van der Waals surface area contributed by atoms with Crippen LogP contribution in [0.1, 0.15) is 12.1 Å². The number of aromatic nitrogens is 3. The lowest BCUT2D eigenvalue weighted by molar-refractivity contribution is 0.278. The fourth-order valence-electron chi connectivity index (χ4n) is 2.45. The molecule has 0 aliphatic carbocycles. The van der Waals surface area contributed by atoms with Crippen molar-refractivity contribution in [3.8, 4) is 5.69 Å². The van der Waals surface area contributed by atoms with Crippen LogP contribution in [0.4, 0.5) is 4.39 Å². The molecule has 1 aliphatic heterocycles. The number of rotatable bonds is 3. The largest absolute Gasteiger partial charge is 0.315 e. The van der Waals surface area contributed by atoms with Crippen molar-refractivity contribution in [1.29, 1.82) is 0 Å². The molecule has 1 N–H and O–H groups in total. The summed E-state index contributed by atoms with van der Waals surface area (Å²) in [7, 11) is 0. The maximum Gasteiger partial charge on any atom is 0.123 e. The molecule has 1 aromatic heterocycles. The molecule has 6 heteroatoms. The van der Waals surface area contributed by atoms with E-state index in [1.807, 2.05) is 0 Å². The zero-order valence-electron chi connectivity index (χ0n) is 11.3. The molecule has 1 saturated heterocycles. The lowest BCUT2D eigenvalue weighted by atomic mass is 10.3. The van der Waals surface area contributed by atoms with Gasteiger partial charge in [-0.3, -0.25) is 4.90 Å². The van der Waals surface area contributed by atoms with Crippen LogP contribution >= 0.6 is 0 Å². The molecule has 2 aromatic rings. The van der Waals surface area contributed by atoms with E-state index in [1.165, 1.54) is 12.1 Å². The highest BCUT2D eigenvalue weighted by Crippen LogP contribution is 2.12. The highest BCUT2D eigenvalue weighted by atomic mass is 19.1. The van der Waals surface area contributed by atoms with Gasteiger partial charge >= 0.3 is 0 Å².